The average Bonchev–Trinajstić information content (AvgIpc) is 2.95. The van der Waals surface area contributed by atoms with Gasteiger partial charge in [-0.05, 0) is 29.3 Å². The van der Waals surface area contributed by atoms with Gasteiger partial charge in [-0.15, -0.1) is 0 Å². The van der Waals surface area contributed by atoms with E-state index in [-0.39, 0.29) is 5.75 Å². The first-order valence-electron chi connectivity index (χ1n) is 12.1. The fourth-order valence-corrected chi connectivity index (χ4v) is 3.30. The maximum absolute atomic E-state index is 11.7. The van der Waals surface area contributed by atoms with Crippen molar-refractivity contribution in [2.24, 2.45) is 0 Å². The van der Waals surface area contributed by atoms with E-state index in [2.05, 4.69) is 0 Å². The number of carbonyl (C=O) groups is 2. The third-order valence-corrected chi connectivity index (χ3v) is 5.11. The smallest absolute Gasteiger partial charge is 0.336 e. The molecule has 0 unspecified atom stereocenters. The number of nitro benzene ring substituents is 2. The number of esters is 2. The molecule has 0 spiro atoms. The third kappa shape index (κ3) is 10.1. The summed E-state index contributed by atoms with van der Waals surface area (Å²) in [6.45, 7) is 0. The molecule has 0 saturated carbocycles. The van der Waals surface area contributed by atoms with Crippen molar-refractivity contribution < 1.29 is 28.9 Å². The van der Waals surface area contributed by atoms with Gasteiger partial charge in [0, 0.05) is 35.7 Å². The Hall–Kier alpha value is -6.30. The molecule has 0 fully saturated rings. The molecule has 42 heavy (non-hydrogen) atoms. The van der Waals surface area contributed by atoms with E-state index >= 15 is 0 Å². The molecule has 12 nitrogen and oxygen atoms in total. The summed E-state index contributed by atoms with van der Waals surface area (Å²) in [7, 11) is 0. The van der Waals surface area contributed by atoms with E-state index in [0.29, 0.717) is 17.1 Å². The van der Waals surface area contributed by atoms with Crippen LogP contribution in [-0.2, 0) is 9.59 Å². The lowest BCUT2D eigenvalue weighted by atomic mass is 10.2. The Bertz CT molecular complexity index is 1590. The third-order valence-electron chi connectivity index (χ3n) is 5.11. The normalized spacial score (nSPS) is 10.5. The molecule has 4 rings (SSSR count). The Morgan fingerprint density at radius 3 is 1.36 bits per heavy atom. The lowest BCUT2D eigenvalue weighted by Crippen LogP contribution is -2.04. The molecule has 0 heterocycles. The molecule has 4 aromatic rings. The maximum atomic E-state index is 11.7. The highest BCUT2D eigenvalue weighted by Crippen LogP contribution is 2.27. The summed E-state index contributed by atoms with van der Waals surface area (Å²) in [5.74, 6) is -1.22. The minimum absolute atomic E-state index is 0.270. The number of rotatable bonds is 8. The van der Waals surface area contributed by atoms with E-state index in [4.69, 9.17) is 20.9 Å². The fourth-order valence-electron chi connectivity index (χ4n) is 3.30. The van der Waals surface area contributed by atoms with Crippen molar-refractivity contribution in [3.63, 3.8) is 0 Å². The Kier molecular flexibility index (Phi) is 10.6. The van der Waals surface area contributed by atoms with Gasteiger partial charge in [-0.25, -0.2) is 9.59 Å². The molecule has 12 heteroatoms. The molecule has 4 aromatic carbocycles. The molecule has 0 saturated heterocycles. The number of nitrogens with zero attached hydrogens (tertiary/aromatic N) is 2. The molecule has 0 aliphatic carbocycles. The quantitative estimate of drug-likeness (QED) is 0.0676. The van der Waals surface area contributed by atoms with Gasteiger partial charge in [-0.1, -0.05) is 60.7 Å². The molecule has 0 aliphatic heterocycles. The van der Waals surface area contributed by atoms with Crippen LogP contribution < -0.4 is 20.9 Å². The van der Waals surface area contributed by atoms with E-state index in [1.807, 2.05) is 36.4 Å². The van der Waals surface area contributed by atoms with Crippen LogP contribution in [0, 0.1) is 20.2 Å². The van der Waals surface area contributed by atoms with Gasteiger partial charge in [-0.3, -0.25) is 20.2 Å². The van der Waals surface area contributed by atoms with Crippen LogP contribution in [-0.4, -0.2) is 21.8 Å². The number of non-ortho nitro benzene ring substituents is 2. The number of nitrogen functional groups attached to an aromatic ring is 2. The van der Waals surface area contributed by atoms with E-state index in [1.165, 1.54) is 12.2 Å². The molecule has 212 valence electrons. The van der Waals surface area contributed by atoms with Crippen molar-refractivity contribution in [2.75, 3.05) is 11.5 Å². The van der Waals surface area contributed by atoms with E-state index in [1.54, 1.807) is 48.5 Å². The van der Waals surface area contributed by atoms with Gasteiger partial charge in [-0.2, -0.15) is 0 Å². The lowest BCUT2D eigenvalue weighted by molar-refractivity contribution is -0.394. The monoisotopic (exact) mass is 568 g/mol. The molecular formula is C30H24N4O8. The largest absolute Gasteiger partial charge is 0.423 e. The first kappa shape index (κ1) is 30.2. The highest BCUT2D eigenvalue weighted by atomic mass is 16.6. The number of nitro groups is 2. The zero-order valence-electron chi connectivity index (χ0n) is 21.9. The van der Waals surface area contributed by atoms with Crippen molar-refractivity contribution in [3.05, 3.63) is 141 Å². The van der Waals surface area contributed by atoms with Crippen molar-refractivity contribution >= 4 is 46.8 Å². The van der Waals surface area contributed by atoms with Gasteiger partial charge in [0.15, 0.2) is 0 Å². The predicted octanol–water partition coefficient (Wildman–Crippen LogP) is 5.59. The number of benzene rings is 4. The first-order valence-corrected chi connectivity index (χ1v) is 12.1. The van der Waals surface area contributed by atoms with Crippen LogP contribution in [0.25, 0.3) is 12.2 Å². The van der Waals surface area contributed by atoms with E-state index < -0.39 is 33.2 Å². The Morgan fingerprint density at radius 1 is 0.595 bits per heavy atom. The van der Waals surface area contributed by atoms with Crippen LogP contribution in [0.2, 0.25) is 0 Å². The second-order valence-corrected chi connectivity index (χ2v) is 8.36. The second kappa shape index (κ2) is 14.7. The molecule has 0 amide bonds. The molecule has 0 aliphatic rings. The number of carbonyl (C=O) groups excluding carboxylic acids is 2. The Balaban J connectivity index is 0.000000235. The van der Waals surface area contributed by atoms with Crippen molar-refractivity contribution in [1.82, 2.24) is 0 Å². The Labute approximate surface area is 239 Å². The SMILES string of the molecule is Nc1cc(N)cc(OC(=O)/C=C/c2ccccc2)c1.O=C(/C=C/c1ccccc1)Oc1cc([N+](=O)[O-])cc([N+](=O)[O-])c1. The summed E-state index contributed by atoms with van der Waals surface area (Å²) in [6, 6.07) is 25.8. The van der Waals surface area contributed by atoms with Crippen LogP contribution in [0.1, 0.15) is 11.1 Å². The van der Waals surface area contributed by atoms with Crippen molar-refractivity contribution in [1.29, 1.82) is 0 Å². The Morgan fingerprint density at radius 2 is 0.976 bits per heavy atom. The molecule has 0 atom stereocenters. The summed E-state index contributed by atoms with van der Waals surface area (Å²) in [4.78, 5) is 43.2. The van der Waals surface area contributed by atoms with Gasteiger partial charge in [0.25, 0.3) is 11.4 Å². The minimum atomic E-state index is -0.802. The highest BCUT2D eigenvalue weighted by molar-refractivity contribution is 5.89. The number of hydrogen-bond acceptors (Lipinski definition) is 10. The summed E-state index contributed by atoms with van der Waals surface area (Å²) < 4.78 is 10.00. The molecule has 0 radical (unpaired) electrons. The standard InChI is InChI=1S/C15H10N2O6.C15H14N2O2/c18-15(7-6-11-4-2-1-3-5-11)23-14-9-12(16(19)20)8-13(10-14)17(21)22;16-12-8-13(17)10-14(9-12)19-15(18)7-6-11-4-2-1-3-5-11/h1-10H;1-10H,16-17H2/b2*7-6+. The van der Waals surface area contributed by atoms with Crippen LogP contribution in [0.4, 0.5) is 22.7 Å². The topological polar surface area (TPSA) is 191 Å². The van der Waals surface area contributed by atoms with Gasteiger partial charge in [0.05, 0.1) is 28.0 Å². The van der Waals surface area contributed by atoms with Crippen molar-refractivity contribution in [3.8, 4) is 11.5 Å². The summed E-state index contributed by atoms with van der Waals surface area (Å²) in [5.41, 5.74) is 12.7. The number of hydrogen-bond donors (Lipinski definition) is 2. The number of anilines is 2. The average molecular weight is 569 g/mol. The minimum Gasteiger partial charge on any atom is -0.423 e. The number of ether oxygens (including phenoxy) is 2. The molecule has 0 bridgehead atoms. The van der Waals surface area contributed by atoms with Crippen LogP contribution >= 0.6 is 0 Å². The summed E-state index contributed by atoms with van der Waals surface area (Å²) >= 11 is 0. The van der Waals surface area contributed by atoms with Crippen LogP contribution in [0.3, 0.4) is 0 Å². The summed E-state index contributed by atoms with van der Waals surface area (Å²) in [6.07, 6.45) is 5.65. The first-order chi connectivity index (χ1) is 20.1. The van der Waals surface area contributed by atoms with Gasteiger partial charge >= 0.3 is 11.9 Å². The van der Waals surface area contributed by atoms with Crippen LogP contribution in [0.15, 0.2) is 109 Å². The van der Waals surface area contributed by atoms with Crippen molar-refractivity contribution in [2.45, 2.75) is 0 Å². The van der Waals surface area contributed by atoms with Gasteiger partial charge < -0.3 is 20.9 Å². The highest BCUT2D eigenvalue weighted by Gasteiger charge is 2.18. The fraction of sp³-hybridized carbons (Fsp3) is 0. The maximum Gasteiger partial charge on any atom is 0.336 e. The molecular weight excluding hydrogens is 544 g/mol. The predicted molar refractivity (Wildman–Crippen MR) is 157 cm³/mol. The molecule has 0 aromatic heterocycles. The van der Waals surface area contributed by atoms with Gasteiger partial charge in [0.1, 0.15) is 11.5 Å². The lowest BCUT2D eigenvalue weighted by Gasteiger charge is -2.04. The van der Waals surface area contributed by atoms with E-state index in [9.17, 15) is 29.8 Å². The zero-order valence-corrected chi connectivity index (χ0v) is 21.9. The van der Waals surface area contributed by atoms with Crippen LogP contribution in [0.5, 0.6) is 11.5 Å². The zero-order chi connectivity index (χ0) is 30.5. The summed E-state index contributed by atoms with van der Waals surface area (Å²) in [5, 5.41) is 21.5. The van der Waals surface area contributed by atoms with E-state index in [0.717, 1.165) is 35.4 Å². The molecule has 4 N–H and O–H groups in total. The second-order valence-electron chi connectivity index (χ2n) is 8.36. The number of nitrogens with two attached hydrogens (primary N) is 2. The van der Waals surface area contributed by atoms with Gasteiger partial charge in [0.2, 0.25) is 0 Å².